The van der Waals surface area contributed by atoms with E-state index in [0.717, 1.165) is 24.2 Å². The number of nitrogens with zero attached hydrogens (tertiary/aromatic N) is 2. The first-order valence-electron chi connectivity index (χ1n) is 10.1. The van der Waals surface area contributed by atoms with Crippen LogP contribution in [0.15, 0.2) is 30.5 Å². The van der Waals surface area contributed by atoms with Crippen LogP contribution in [0.1, 0.15) is 59.1 Å². The van der Waals surface area contributed by atoms with Crippen LogP contribution in [0.25, 0.3) is 0 Å². The lowest BCUT2D eigenvalue weighted by molar-refractivity contribution is 0.0297. The summed E-state index contributed by atoms with van der Waals surface area (Å²) in [5, 5.41) is 4.21. The van der Waals surface area contributed by atoms with Gasteiger partial charge in [0.1, 0.15) is 5.69 Å². The zero-order chi connectivity index (χ0) is 19.1. The molecule has 1 saturated heterocycles. The van der Waals surface area contributed by atoms with Crippen LogP contribution in [-0.2, 0) is 4.74 Å². The number of benzene rings is 1. The second-order valence-corrected chi connectivity index (χ2v) is 8.37. The molecule has 2 heterocycles. The number of hydrogen-bond donors (Lipinski definition) is 1. The first-order chi connectivity index (χ1) is 13.7. The minimum atomic E-state index is 0.0569. The van der Waals surface area contributed by atoms with Crippen molar-refractivity contribution in [2.75, 3.05) is 31.6 Å². The molecule has 0 spiro atoms. The van der Waals surface area contributed by atoms with Gasteiger partial charge in [0.2, 0.25) is 0 Å². The SMILES string of the molecule is O=C(c1ncc(Nc2cccc(Cl)c2)c2c1C1CCC2CC1)N1CCOCC1. The molecule has 1 aromatic carbocycles. The molecule has 2 bridgehead atoms. The number of carbonyl (C=O) groups excluding carboxylic acids is 1. The summed E-state index contributed by atoms with van der Waals surface area (Å²) in [5.41, 5.74) is 5.11. The Bertz CT molecular complexity index is 903. The highest BCUT2D eigenvalue weighted by molar-refractivity contribution is 6.30. The highest BCUT2D eigenvalue weighted by Gasteiger charge is 2.39. The molecular formula is C22H24ClN3O2. The van der Waals surface area contributed by atoms with Gasteiger partial charge in [0.25, 0.3) is 5.91 Å². The third-order valence-electron chi connectivity index (χ3n) is 6.31. The highest BCUT2D eigenvalue weighted by Crippen LogP contribution is 2.53. The summed E-state index contributed by atoms with van der Waals surface area (Å²) in [6.07, 6.45) is 6.54. The van der Waals surface area contributed by atoms with Gasteiger partial charge >= 0.3 is 0 Å². The number of fused-ring (bicyclic) bond motifs is 2. The van der Waals surface area contributed by atoms with Crippen molar-refractivity contribution in [3.05, 3.63) is 52.3 Å². The number of aromatic nitrogens is 1. The fourth-order valence-corrected chi connectivity index (χ4v) is 5.16. The third kappa shape index (κ3) is 3.16. The van der Waals surface area contributed by atoms with Crippen molar-refractivity contribution < 1.29 is 9.53 Å². The molecular weight excluding hydrogens is 374 g/mol. The maximum atomic E-state index is 13.2. The van der Waals surface area contributed by atoms with E-state index in [4.69, 9.17) is 16.3 Å². The molecule has 0 radical (unpaired) electrons. The average molecular weight is 398 g/mol. The van der Waals surface area contributed by atoms with Gasteiger partial charge in [-0.3, -0.25) is 4.79 Å². The normalized spacial score (nSPS) is 23.4. The number of halogens is 1. The van der Waals surface area contributed by atoms with Crippen molar-refractivity contribution in [2.24, 2.45) is 0 Å². The summed E-state index contributed by atoms with van der Waals surface area (Å²) >= 11 is 6.15. The van der Waals surface area contributed by atoms with E-state index in [-0.39, 0.29) is 5.91 Å². The van der Waals surface area contributed by atoms with Crippen LogP contribution < -0.4 is 5.32 Å². The molecule has 146 valence electrons. The van der Waals surface area contributed by atoms with E-state index in [0.29, 0.717) is 48.9 Å². The van der Waals surface area contributed by atoms with Crippen LogP contribution in [0.3, 0.4) is 0 Å². The Morgan fingerprint density at radius 2 is 1.82 bits per heavy atom. The Kier molecular flexibility index (Phi) is 4.73. The number of nitrogens with one attached hydrogen (secondary N) is 1. The summed E-state index contributed by atoms with van der Waals surface area (Å²) in [7, 11) is 0. The highest BCUT2D eigenvalue weighted by atomic mass is 35.5. The molecule has 1 aromatic heterocycles. The van der Waals surface area contributed by atoms with Gasteiger partial charge in [0.05, 0.1) is 25.1 Å². The van der Waals surface area contributed by atoms with Crippen LogP contribution in [0.2, 0.25) is 5.02 Å². The van der Waals surface area contributed by atoms with Gasteiger partial charge in [-0.15, -0.1) is 0 Å². The standard InChI is InChI=1S/C22H24ClN3O2/c23-16-2-1-3-17(12-16)25-18-13-24-21(22(27)26-8-10-28-11-9-26)20-15-6-4-14(5-7-15)19(18)20/h1-3,12-15,25H,4-11H2. The molecule has 0 atom stereocenters. The van der Waals surface area contributed by atoms with Crippen molar-refractivity contribution in [3.8, 4) is 0 Å². The predicted molar refractivity (Wildman–Crippen MR) is 110 cm³/mol. The molecule has 2 aromatic rings. The number of hydrogen-bond acceptors (Lipinski definition) is 4. The minimum Gasteiger partial charge on any atom is -0.378 e. The lowest BCUT2D eigenvalue weighted by atomic mass is 9.66. The second kappa shape index (κ2) is 7.37. The smallest absolute Gasteiger partial charge is 0.272 e. The first-order valence-corrected chi connectivity index (χ1v) is 10.5. The minimum absolute atomic E-state index is 0.0569. The summed E-state index contributed by atoms with van der Waals surface area (Å²) < 4.78 is 5.41. The summed E-state index contributed by atoms with van der Waals surface area (Å²) in [6, 6.07) is 7.73. The van der Waals surface area contributed by atoms with E-state index in [1.54, 1.807) is 0 Å². The van der Waals surface area contributed by atoms with Gasteiger partial charge < -0.3 is 15.0 Å². The van der Waals surface area contributed by atoms with Crippen molar-refractivity contribution in [1.82, 2.24) is 9.88 Å². The van der Waals surface area contributed by atoms with Crippen LogP contribution >= 0.6 is 11.6 Å². The van der Waals surface area contributed by atoms with Gasteiger partial charge in [-0.1, -0.05) is 17.7 Å². The molecule has 1 aliphatic heterocycles. The van der Waals surface area contributed by atoms with E-state index in [9.17, 15) is 4.79 Å². The van der Waals surface area contributed by atoms with Crippen LogP contribution in [0, 0.1) is 0 Å². The maximum Gasteiger partial charge on any atom is 0.272 e. The van der Waals surface area contributed by atoms with Gasteiger partial charge in [0, 0.05) is 23.8 Å². The Morgan fingerprint density at radius 3 is 2.54 bits per heavy atom. The fourth-order valence-electron chi connectivity index (χ4n) is 4.97. The van der Waals surface area contributed by atoms with E-state index >= 15 is 0 Å². The lowest BCUT2D eigenvalue weighted by Crippen LogP contribution is -2.42. The zero-order valence-corrected chi connectivity index (χ0v) is 16.5. The molecule has 3 aliphatic carbocycles. The average Bonchev–Trinajstić information content (AvgIpc) is 2.75. The van der Waals surface area contributed by atoms with Gasteiger partial charge in [-0.05, 0) is 66.8 Å². The number of pyridine rings is 1. The number of rotatable bonds is 3. The van der Waals surface area contributed by atoms with Crippen LogP contribution in [0.4, 0.5) is 11.4 Å². The van der Waals surface area contributed by atoms with Crippen LogP contribution in [0.5, 0.6) is 0 Å². The molecule has 1 amide bonds. The monoisotopic (exact) mass is 397 g/mol. The fraction of sp³-hybridized carbons (Fsp3) is 0.455. The number of morpholine rings is 1. The summed E-state index contributed by atoms with van der Waals surface area (Å²) in [5.74, 6) is 0.996. The molecule has 1 N–H and O–H groups in total. The third-order valence-corrected chi connectivity index (χ3v) is 6.54. The lowest BCUT2D eigenvalue weighted by Gasteiger charge is -2.40. The summed E-state index contributed by atoms with van der Waals surface area (Å²) in [4.78, 5) is 19.8. The van der Waals surface area contributed by atoms with Gasteiger partial charge in [-0.25, -0.2) is 4.98 Å². The first kappa shape index (κ1) is 18.0. The van der Waals surface area contributed by atoms with E-state index in [1.807, 2.05) is 35.4 Å². The quantitative estimate of drug-likeness (QED) is 0.815. The van der Waals surface area contributed by atoms with E-state index in [2.05, 4.69) is 10.3 Å². The number of amides is 1. The zero-order valence-electron chi connectivity index (χ0n) is 15.8. The Labute approximate surface area is 170 Å². The molecule has 1 saturated carbocycles. The summed E-state index contributed by atoms with van der Waals surface area (Å²) in [6.45, 7) is 2.50. The topological polar surface area (TPSA) is 54.5 Å². The van der Waals surface area contributed by atoms with Crippen molar-refractivity contribution in [2.45, 2.75) is 37.5 Å². The van der Waals surface area contributed by atoms with Crippen LogP contribution in [-0.4, -0.2) is 42.1 Å². The molecule has 2 fully saturated rings. The predicted octanol–water partition coefficient (Wildman–Crippen LogP) is 4.71. The molecule has 28 heavy (non-hydrogen) atoms. The number of carbonyl (C=O) groups is 1. The largest absolute Gasteiger partial charge is 0.378 e. The molecule has 0 unspecified atom stereocenters. The number of anilines is 2. The maximum absolute atomic E-state index is 13.2. The van der Waals surface area contributed by atoms with Crippen molar-refractivity contribution in [1.29, 1.82) is 0 Å². The Morgan fingerprint density at radius 1 is 1.11 bits per heavy atom. The number of ether oxygens (including phenoxy) is 1. The molecule has 6 rings (SSSR count). The second-order valence-electron chi connectivity index (χ2n) is 7.94. The van der Waals surface area contributed by atoms with E-state index < -0.39 is 0 Å². The van der Waals surface area contributed by atoms with E-state index in [1.165, 1.54) is 24.0 Å². The Hall–Kier alpha value is -2.11. The Balaban J connectivity index is 1.55. The molecule has 6 heteroatoms. The van der Waals surface area contributed by atoms with Crippen molar-refractivity contribution >= 4 is 28.9 Å². The molecule has 4 aliphatic rings. The van der Waals surface area contributed by atoms with Gasteiger partial charge in [0.15, 0.2) is 0 Å². The van der Waals surface area contributed by atoms with Gasteiger partial charge in [-0.2, -0.15) is 0 Å². The van der Waals surface area contributed by atoms with Crippen molar-refractivity contribution in [3.63, 3.8) is 0 Å². The molecule has 5 nitrogen and oxygen atoms in total.